The van der Waals surface area contributed by atoms with E-state index in [1.54, 1.807) is 0 Å². The highest BCUT2D eigenvalue weighted by molar-refractivity contribution is 6.30. The molecule has 1 atom stereocenters. The van der Waals surface area contributed by atoms with Crippen molar-refractivity contribution in [3.63, 3.8) is 0 Å². The number of tetrazole rings is 1. The summed E-state index contributed by atoms with van der Waals surface area (Å²) in [6, 6.07) is 21.5. The first kappa shape index (κ1) is 23.4. The molecule has 2 aromatic heterocycles. The first-order valence-corrected chi connectivity index (χ1v) is 12.1. The minimum Gasteiger partial charge on any atom is -0.492 e. The van der Waals surface area contributed by atoms with Crippen LogP contribution in [0.5, 0.6) is 5.75 Å². The predicted octanol–water partition coefficient (Wildman–Crippen LogP) is 4.56. The summed E-state index contributed by atoms with van der Waals surface area (Å²) in [5, 5.41) is 14.7. The molecule has 0 aliphatic carbocycles. The molecule has 4 aromatic rings. The normalized spacial score (nSPS) is 15.7. The van der Waals surface area contributed by atoms with Crippen LogP contribution in [-0.4, -0.2) is 62.9 Å². The highest BCUT2D eigenvalue weighted by Crippen LogP contribution is 2.29. The summed E-state index contributed by atoms with van der Waals surface area (Å²) in [6.07, 6.45) is 3.71. The fourth-order valence-electron chi connectivity index (χ4n) is 4.23. The van der Waals surface area contributed by atoms with Crippen LogP contribution in [0.25, 0.3) is 11.4 Å². The number of halogens is 1. The van der Waals surface area contributed by atoms with Gasteiger partial charge in [0, 0.05) is 36.4 Å². The number of rotatable bonds is 9. The second kappa shape index (κ2) is 11.4. The molecule has 8 nitrogen and oxygen atoms in total. The average Bonchev–Trinajstić information content (AvgIpc) is 3.45. The van der Waals surface area contributed by atoms with Crippen LogP contribution in [0.15, 0.2) is 72.9 Å². The third kappa shape index (κ3) is 6.22. The fraction of sp³-hybridized carbons (Fsp3) is 0.308. The molecule has 35 heavy (non-hydrogen) atoms. The van der Waals surface area contributed by atoms with E-state index in [1.807, 2.05) is 72.9 Å². The van der Waals surface area contributed by atoms with Crippen LogP contribution in [0.1, 0.15) is 30.2 Å². The molecule has 1 N–H and O–H groups in total. The lowest BCUT2D eigenvalue weighted by molar-refractivity contribution is -0.0297. The summed E-state index contributed by atoms with van der Waals surface area (Å²) in [5.74, 6) is 1.40. The van der Waals surface area contributed by atoms with Gasteiger partial charge in [0.15, 0.2) is 0 Å². The van der Waals surface area contributed by atoms with E-state index in [2.05, 4.69) is 30.5 Å². The van der Waals surface area contributed by atoms with Gasteiger partial charge in [-0.15, -0.1) is 10.2 Å². The molecule has 9 heteroatoms. The maximum absolute atomic E-state index is 6.59. The van der Waals surface area contributed by atoms with Crippen LogP contribution in [0, 0.1) is 0 Å². The summed E-state index contributed by atoms with van der Waals surface area (Å²) in [6.45, 7) is 3.45. The number of ether oxygens (including phenoxy) is 2. The van der Waals surface area contributed by atoms with Gasteiger partial charge in [-0.05, 0) is 72.1 Å². The van der Waals surface area contributed by atoms with Crippen molar-refractivity contribution in [3.05, 3.63) is 89.2 Å². The molecule has 5 rings (SSSR count). The van der Waals surface area contributed by atoms with Gasteiger partial charge in [0.1, 0.15) is 18.5 Å². The van der Waals surface area contributed by atoms with Crippen molar-refractivity contribution in [3.8, 4) is 17.1 Å². The van der Waals surface area contributed by atoms with Gasteiger partial charge in [-0.2, -0.15) is 5.21 Å². The summed E-state index contributed by atoms with van der Waals surface area (Å²) in [5.41, 5.74) is 2.88. The van der Waals surface area contributed by atoms with E-state index in [-0.39, 0.29) is 12.2 Å². The van der Waals surface area contributed by atoms with Gasteiger partial charge in [-0.25, -0.2) is 0 Å². The quantitative estimate of drug-likeness (QED) is 0.367. The van der Waals surface area contributed by atoms with E-state index >= 15 is 0 Å². The number of nitrogens with zero attached hydrogens (tertiary/aromatic N) is 5. The molecular weight excluding hydrogens is 464 g/mol. The Labute approximate surface area is 209 Å². The minimum atomic E-state index is -0.205. The Morgan fingerprint density at radius 1 is 1.00 bits per heavy atom. The van der Waals surface area contributed by atoms with Crippen LogP contribution in [0.3, 0.4) is 0 Å². The molecule has 0 saturated carbocycles. The van der Waals surface area contributed by atoms with E-state index in [1.165, 1.54) is 0 Å². The number of aromatic nitrogens is 5. The SMILES string of the molecule is Clc1ccc(C(OC2CCN(CCOc3ccc(-c4nn[nH]n4)cc3)CC2)c2ccccn2)cc1. The van der Waals surface area contributed by atoms with E-state index in [0.29, 0.717) is 17.5 Å². The van der Waals surface area contributed by atoms with Crippen molar-refractivity contribution < 1.29 is 9.47 Å². The number of hydrogen-bond acceptors (Lipinski definition) is 7. The van der Waals surface area contributed by atoms with Gasteiger partial charge in [0.25, 0.3) is 0 Å². The molecule has 0 spiro atoms. The van der Waals surface area contributed by atoms with Crippen molar-refractivity contribution in [2.24, 2.45) is 0 Å². The smallest absolute Gasteiger partial charge is 0.204 e. The van der Waals surface area contributed by atoms with Gasteiger partial charge in [0.2, 0.25) is 5.82 Å². The van der Waals surface area contributed by atoms with Crippen LogP contribution in [-0.2, 0) is 4.74 Å². The van der Waals surface area contributed by atoms with Gasteiger partial charge >= 0.3 is 0 Å². The lowest BCUT2D eigenvalue weighted by atomic mass is 10.0. The van der Waals surface area contributed by atoms with Crippen LogP contribution >= 0.6 is 11.6 Å². The third-order valence-corrected chi connectivity index (χ3v) is 6.38. The maximum Gasteiger partial charge on any atom is 0.204 e. The summed E-state index contributed by atoms with van der Waals surface area (Å²) >= 11 is 6.10. The topological polar surface area (TPSA) is 89.0 Å². The number of hydrogen-bond donors (Lipinski definition) is 1. The van der Waals surface area contributed by atoms with Gasteiger partial charge in [-0.3, -0.25) is 9.88 Å². The zero-order chi connectivity index (χ0) is 23.9. The van der Waals surface area contributed by atoms with Crippen LogP contribution < -0.4 is 4.74 Å². The van der Waals surface area contributed by atoms with Crippen molar-refractivity contribution in [1.29, 1.82) is 0 Å². The molecule has 1 aliphatic rings. The van der Waals surface area contributed by atoms with Crippen molar-refractivity contribution in [2.45, 2.75) is 25.0 Å². The highest BCUT2D eigenvalue weighted by atomic mass is 35.5. The Morgan fingerprint density at radius 2 is 1.80 bits per heavy atom. The zero-order valence-electron chi connectivity index (χ0n) is 19.3. The van der Waals surface area contributed by atoms with E-state index in [9.17, 15) is 0 Å². The van der Waals surface area contributed by atoms with Crippen molar-refractivity contribution in [1.82, 2.24) is 30.5 Å². The average molecular weight is 491 g/mol. The standard InChI is InChI=1S/C26H27ClN6O2/c27-21-8-4-19(5-9-21)25(24-3-1-2-14-28-24)35-23-12-15-33(16-13-23)17-18-34-22-10-6-20(7-11-22)26-29-31-32-30-26/h1-11,14,23,25H,12-13,15-18H2,(H,29,30,31,32). The van der Waals surface area contributed by atoms with Gasteiger partial charge in [-0.1, -0.05) is 29.8 Å². The number of aromatic amines is 1. The third-order valence-electron chi connectivity index (χ3n) is 6.13. The maximum atomic E-state index is 6.59. The zero-order valence-corrected chi connectivity index (χ0v) is 20.0. The van der Waals surface area contributed by atoms with E-state index in [0.717, 1.165) is 55.0 Å². The molecule has 1 unspecified atom stereocenters. The highest BCUT2D eigenvalue weighted by Gasteiger charge is 2.25. The predicted molar refractivity (Wildman–Crippen MR) is 133 cm³/mol. The molecule has 0 bridgehead atoms. The Bertz CT molecular complexity index is 1160. The Morgan fingerprint density at radius 3 is 2.49 bits per heavy atom. The summed E-state index contributed by atoms with van der Waals surface area (Å²) in [4.78, 5) is 6.97. The summed E-state index contributed by atoms with van der Waals surface area (Å²) < 4.78 is 12.5. The van der Waals surface area contributed by atoms with Crippen molar-refractivity contribution in [2.75, 3.05) is 26.2 Å². The van der Waals surface area contributed by atoms with Gasteiger partial charge in [0.05, 0.1) is 11.8 Å². The molecule has 1 saturated heterocycles. The van der Waals surface area contributed by atoms with E-state index in [4.69, 9.17) is 21.1 Å². The Kier molecular flexibility index (Phi) is 7.62. The molecule has 180 valence electrons. The number of piperidine rings is 1. The van der Waals surface area contributed by atoms with Gasteiger partial charge < -0.3 is 9.47 Å². The number of nitrogens with one attached hydrogen (secondary N) is 1. The molecule has 1 aliphatic heterocycles. The molecule has 0 radical (unpaired) electrons. The Balaban J connectivity index is 1.10. The number of H-pyrrole nitrogens is 1. The number of benzene rings is 2. The van der Waals surface area contributed by atoms with Crippen LogP contribution in [0.4, 0.5) is 0 Å². The molecule has 1 fully saturated rings. The Hall–Kier alpha value is -3.33. The monoisotopic (exact) mass is 490 g/mol. The van der Waals surface area contributed by atoms with E-state index < -0.39 is 0 Å². The molecule has 2 aromatic carbocycles. The number of pyridine rings is 1. The molecule has 3 heterocycles. The first-order chi connectivity index (χ1) is 17.2. The van der Waals surface area contributed by atoms with Crippen molar-refractivity contribution >= 4 is 11.6 Å². The lowest BCUT2D eigenvalue weighted by Crippen LogP contribution is -2.39. The number of likely N-dealkylation sites (tertiary alicyclic amines) is 1. The lowest BCUT2D eigenvalue weighted by Gasteiger charge is -2.34. The van der Waals surface area contributed by atoms with Crippen LogP contribution in [0.2, 0.25) is 5.02 Å². The fourth-order valence-corrected chi connectivity index (χ4v) is 4.35. The minimum absolute atomic E-state index is 0.174. The molecular formula is C26H27ClN6O2. The first-order valence-electron chi connectivity index (χ1n) is 11.8. The summed E-state index contributed by atoms with van der Waals surface area (Å²) in [7, 11) is 0. The second-order valence-corrected chi connectivity index (χ2v) is 8.91. The second-order valence-electron chi connectivity index (χ2n) is 8.47. The molecule has 0 amide bonds. The largest absolute Gasteiger partial charge is 0.492 e.